The minimum absolute atomic E-state index is 0.0722. The molecule has 1 unspecified atom stereocenters. The molecular weight excluding hydrogens is 270 g/mol. The molecule has 0 amide bonds. The Hall–Kier alpha value is -1.10. The van der Waals surface area contributed by atoms with Crippen molar-refractivity contribution in [1.29, 1.82) is 0 Å². The van der Waals surface area contributed by atoms with Gasteiger partial charge in [-0.2, -0.15) is 0 Å². The van der Waals surface area contributed by atoms with Gasteiger partial charge in [-0.25, -0.2) is 8.78 Å². The molecular formula is C14H16F2O2S. The van der Waals surface area contributed by atoms with Gasteiger partial charge in [-0.3, -0.25) is 9.00 Å². The van der Waals surface area contributed by atoms with Gasteiger partial charge in [0.2, 0.25) is 0 Å². The molecule has 0 heterocycles. The summed E-state index contributed by atoms with van der Waals surface area (Å²) in [4.78, 5) is 11.9. The second-order valence-corrected chi connectivity index (χ2v) is 6.55. The number of hydrogen-bond acceptors (Lipinski definition) is 2. The molecule has 1 saturated carbocycles. The second-order valence-electron chi connectivity index (χ2n) is 4.84. The summed E-state index contributed by atoms with van der Waals surface area (Å²) in [5.41, 5.74) is 0.0862. The number of ketones is 1. The summed E-state index contributed by atoms with van der Waals surface area (Å²) in [6, 6.07) is 3.03. The van der Waals surface area contributed by atoms with Crippen molar-refractivity contribution in [1.82, 2.24) is 0 Å². The highest BCUT2D eigenvalue weighted by molar-refractivity contribution is 7.86. The van der Waals surface area contributed by atoms with E-state index < -0.39 is 22.4 Å². The highest BCUT2D eigenvalue weighted by atomic mass is 32.2. The summed E-state index contributed by atoms with van der Waals surface area (Å²) in [6.45, 7) is 0. The maximum Gasteiger partial charge on any atom is 0.175 e. The molecule has 0 aliphatic heterocycles. The van der Waals surface area contributed by atoms with E-state index in [4.69, 9.17) is 0 Å². The molecule has 0 saturated heterocycles. The van der Waals surface area contributed by atoms with Crippen LogP contribution in [0, 0.1) is 11.6 Å². The Bertz CT molecular complexity index is 496. The van der Waals surface area contributed by atoms with Gasteiger partial charge in [0.1, 0.15) is 0 Å². The summed E-state index contributed by atoms with van der Waals surface area (Å²) in [5.74, 6) is -2.52. The lowest BCUT2D eigenvalue weighted by Crippen LogP contribution is -2.24. The van der Waals surface area contributed by atoms with Crippen LogP contribution in [0.5, 0.6) is 0 Å². The lowest BCUT2D eigenvalue weighted by Gasteiger charge is -2.20. The molecule has 1 aliphatic carbocycles. The van der Waals surface area contributed by atoms with Crippen LogP contribution in [0.2, 0.25) is 0 Å². The Kier molecular flexibility index (Phi) is 4.80. The van der Waals surface area contributed by atoms with Gasteiger partial charge in [-0.15, -0.1) is 0 Å². The first-order valence-corrected chi connectivity index (χ1v) is 7.81. The van der Waals surface area contributed by atoms with Crippen molar-refractivity contribution in [3.05, 3.63) is 35.4 Å². The SMILES string of the molecule is O=C(CS(=O)C1CCCCC1)c1ccc(F)c(F)c1. The Labute approximate surface area is 113 Å². The summed E-state index contributed by atoms with van der Waals surface area (Å²) < 4.78 is 37.9. The van der Waals surface area contributed by atoms with Crippen molar-refractivity contribution in [2.45, 2.75) is 37.4 Å². The molecule has 1 aliphatic rings. The highest BCUT2D eigenvalue weighted by Crippen LogP contribution is 2.22. The molecule has 1 fully saturated rings. The predicted octanol–water partition coefficient (Wildman–Crippen LogP) is 3.23. The third-order valence-electron chi connectivity index (χ3n) is 3.44. The van der Waals surface area contributed by atoms with E-state index in [2.05, 4.69) is 0 Å². The molecule has 5 heteroatoms. The van der Waals surface area contributed by atoms with E-state index in [9.17, 15) is 17.8 Å². The zero-order chi connectivity index (χ0) is 13.8. The van der Waals surface area contributed by atoms with E-state index in [1.54, 1.807) is 0 Å². The maximum absolute atomic E-state index is 13.0. The van der Waals surface area contributed by atoms with Gasteiger partial charge in [0.15, 0.2) is 17.4 Å². The number of Topliss-reactive ketones (excluding diaryl/α,β-unsaturated/α-hetero) is 1. The topological polar surface area (TPSA) is 34.1 Å². The Morgan fingerprint density at radius 2 is 1.84 bits per heavy atom. The fraction of sp³-hybridized carbons (Fsp3) is 0.500. The van der Waals surface area contributed by atoms with Crippen LogP contribution < -0.4 is 0 Å². The van der Waals surface area contributed by atoms with E-state index >= 15 is 0 Å². The number of hydrogen-bond donors (Lipinski definition) is 0. The number of carbonyl (C=O) groups is 1. The van der Waals surface area contributed by atoms with E-state index in [0.29, 0.717) is 0 Å². The summed E-state index contributed by atoms with van der Waals surface area (Å²) in [7, 11) is -1.21. The van der Waals surface area contributed by atoms with Crippen molar-refractivity contribution >= 4 is 16.6 Å². The van der Waals surface area contributed by atoms with Crippen LogP contribution in [-0.2, 0) is 10.8 Å². The highest BCUT2D eigenvalue weighted by Gasteiger charge is 2.22. The molecule has 104 valence electrons. The quantitative estimate of drug-likeness (QED) is 0.796. The standard InChI is InChI=1S/C14H16F2O2S/c15-12-7-6-10(8-13(12)16)14(17)9-19(18)11-4-2-1-3-5-11/h6-8,11H,1-5,9H2. The van der Waals surface area contributed by atoms with Crippen LogP contribution in [-0.4, -0.2) is 21.0 Å². The molecule has 2 rings (SSSR count). The van der Waals surface area contributed by atoms with E-state index in [1.165, 1.54) is 6.07 Å². The molecule has 0 radical (unpaired) electrons. The van der Waals surface area contributed by atoms with E-state index in [-0.39, 0.29) is 22.3 Å². The lowest BCUT2D eigenvalue weighted by molar-refractivity contribution is 0.102. The predicted molar refractivity (Wildman–Crippen MR) is 70.6 cm³/mol. The molecule has 0 aromatic heterocycles. The van der Waals surface area contributed by atoms with Crippen LogP contribution in [0.1, 0.15) is 42.5 Å². The van der Waals surface area contributed by atoms with E-state index in [1.807, 2.05) is 0 Å². The van der Waals surface area contributed by atoms with Crippen LogP contribution in [0.15, 0.2) is 18.2 Å². The van der Waals surface area contributed by atoms with Crippen molar-refractivity contribution in [2.75, 3.05) is 5.75 Å². The third-order valence-corrected chi connectivity index (χ3v) is 5.20. The number of halogens is 2. The summed E-state index contributed by atoms with van der Waals surface area (Å²) >= 11 is 0. The fourth-order valence-corrected chi connectivity index (χ4v) is 3.85. The minimum atomic E-state index is -1.21. The maximum atomic E-state index is 13.0. The van der Waals surface area contributed by atoms with Gasteiger partial charge < -0.3 is 0 Å². The monoisotopic (exact) mass is 286 g/mol. The normalized spacial score (nSPS) is 18.2. The van der Waals surface area contributed by atoms with Crippen LogP contribution in [0.25, 0.3) is 0 Å². The fourth-order valence-electron chi connectivity index (χ4n) is 2.33. The van der Waals surface area contributed by atoms with Gasteiger partial charge in [0.25, 0.3) is 0 Å². The van der Waals surface area contributed by atoms with Gasteiger partial charge in [0.05, 0.1) is 5.75 Å². The molecule has 0 bridgehead atoms. The average Bonchev–Trinajstić information content (AvgIpc) is 2.42. The molecule has 1 aromatic rings. The van der Waals surface area contributed by atoms with Crippen molar-refractivity contribution in [3.8, 4) is 0 Å². The number of rotatable bonds is 4. The Morgan fingerprint density at radius 1 is 1.16 bits per heavy atom. The minimum Gasteiger partial charge on any atom is -0.293 e. The zero-order valence-corrected chi connectivity index (χ0v) is 11.3. The van der Waals surface area contributed by atoms with Gasteiger partial charge in [-0.1, -0.05) is 19.3 Å². The Balaban J connectivity index is 1.99. The lowest BCUT2D eigenvalue weighted by atomic mass is 10.0. The van der Waals surface area contributed by atoms with Crippen LogP contribution >= 0.6 is 0 Å². The molecule has 0 N–H and O–H groups in total. The number of benzene rings is 1. The van der Waals surface area contributed by atoms with Crippen molar-refractivity contribution < 1.29 is 17.8 Å². The molecule has 1 aromatic carbocycles. The molecule has 2 nitrogen and oxygen atoms in total. The number of carbonyl (C=O) groups excluding carboxylic acids is 1. The third kappa shape index (κ3) is 3.69. The molecule has 1 atom stereocenters. The first kappa shape index (κ1) is 14.3. The van der Waals surface area contributed by atoms with Gasteiger partial charge in [0, 0.05) is 21.6 Å². The average molecular weight is 286 g/mol. The first-order valence-electron chi connectivity index (χ1n) is 6.43. The van der Waals surface area contributed by atoms with Crippen molar-refractivity contribution in [3.63, 3.8) is 0 Å². The largest absolute Gasteiger partial charge is 0.293 e. The van der Waals surface area contributed by atoms with Gasteiger partial charge >= 0.3 is 0 Å². The second kappa shape index (κ2) is 6.37. The molecule has 0 spiro atoms. The summed E-state index contributed by atoms with van der Waals surface area (Å²) in [5, 5.41) is 0.0722. The van der Waals surface area contributed by atoms with Crippen LogP contribution in [0.4, 0.5) is 8.78 Å². The molecule has 19 heavy (non-hydrogen) atoms. The van der Waals surface area contributed by atoms with Crippen LogP contribution in [0.3, 0.4) is 0 Å². The first-order chi connectivity index (χ1) is 9.08. The Morgan fingerprint density at radius 3 is 2.47 bits per heavy atom. The zero-order valence-electron chi connectivity index (χ0n) is 10.5. The smallest absolute Gasteiger partial charge is 0.175 e. The summed E-state index contributed by atoms with van der Waals surface area (Å²) in [6.07, 6.45) is 5.03. The van der Waals surface area contributed by atoms with Gasteiger partial charge in [-0.05, 0) is 31.0 Å². The van der Waals surface area contributed by atoms with E-state index in [0.717, 1.165) is 44.2 Å². The van der Waals surface area contributed by atoms with Crippen molar-refractivity contribution in [2.24, 2.45) is 0 Å².